The van der Waals surface area contributed by atoms with Gasteiger partial charge in [0.2, 0.25) is 11.7 Å². The molecule has 2 aromatic rings. The molecule has 0 unspecified atom stereocenters. The third-order valence-electron chi connectivity index (χ3n) is 3.29. The van der Waals surface area contributed by atoms with Gasteiger partial charge >= 0.3 is 0 Å². The van der Waals surface area contributed by atoms with Crippen LogP contribution < -0.4 is 10.5 Å². The summed E-state index contributed by atoms with van der Waals surface area (Å²) in [4.78, 5) is 19.6. The van der Waals surface area contributed by atoms with Gasteiger partial charge in [-0.25, -0.2) is 9.37 Å². The molecular weight excluding hydrogens is 321 g/mol. The normalized spacial score (nSPS) is 10.6. The van der Waals surface area contributed by atoms with Crippen molar-refractivity contribution in [2.24, 2.45) is 5.73 Å². The number of hydrogen-bond acceptors (Lipinski definition) is 4. The van der Waals surface area contributed by atoms with Crippen molar-refractivity contribution in [3.05, 3.63) is 51.7 Å². The van der Waals surface area contributed by atoms with Crippen LogP contribution in [0.25, 0.3) is 0 Å². The molecule has 1 aromatic carbocycles. The first-order valence-corrected chi connectivity index (χ1v) is 7.60. The lowest BCUT2D eigenvalue weighted by Crippen LogP contribution is -2.19. The number of hydrogen-bond donors (Lipinski definition) is 1. The first-order chi connectivity index (χ1) is 11.0. The molecule has 0 spiro atoms. The van der Waals surface area contributed by atoms with Crippen LogP contribution in [-0.2, 0) is 12.8 Å². The topological polar surface area (TPSA) is 78.1 Å². The predicted octanol–water partition coefficient (Wildman–Crippen LogP) is 2.92. The molecule has 0 atom stereocenters. The van der Waals surface area contributed by atoms with Gasteiger partial charge in [0.1, 0.15) is 5.82 Å². The first-order valence-electron chi connectivity index (χ1n) is 7.23. The van der Waals surface area contributed by atoms with Gasteiger partial charge in [0.15, 0.2) is 0 Å². The van der Waals surface area contributed by atoms with E-state index in [0.29, 0.717) is 29.8 Å². The van der Waals surface area contributed by atoms with Crippen LogP contribution in [0.15, 0.2) is 18.2 Å². The SMILES string of the molecule is CCOc1nc(C(N)=O)nc(CC)c1Cc1cccc(Cl)c1F. The molecule has 23 heavy (non-hydrogen) atoms. The van der Waals surface area contributed by atoms with Crippen molar-refractivity contribution in [2.75, 3.05) is 6.61 Å². The second-order valence-corrected chi connectivity index (χ2v) is 5.23. The first kappa shape index (κ1) is 17.1. The standard InChI is InChI=1S/C16H17ClFN3O2/c1-3-12-10(8-9-6-5-7-11(17)13(9)18)16(23-4-2)21-15(20-12)14(19)22/h5-7H,3-4,8H2,1-2H3,(H2,19,22). The molecular formula is C16H17ClFN3O2. The van der Waals surface area contributed by atoms with Gasteiger partial charge in [0, 0.05) is 12.0 Å². The predicted molar refractivity (Wildman–Crippen MR) is 85.3 cm³/mol. The van der Waals surface area contributed by atoms with E-state index in [1.807, 2.05) is 6.92 Å². The van der Waals surface area contributed by atoms with Gasteiger partial charge in [0.05, 0.1) is 17.3 Å². The molecule has 1 aromatic heterocycles. The van der Waals surface area contributed by atoms with E-state index in [0.717, 1.165) is 0 Å². The number of rotatable bonds is 6. The number of carbonyl (C=O) groups is 1. The monoisotopic (exact) mass is 337 g/mol. The van der Waals surface area contributed by atoms with Crippen LogP contribution in [0.5, 0.6) is 5.88 Å². The summed E-state index contributed by atoms with van der Waals surface area (Å²) < 4.78 is 19.7. The average Bonchev–Trinajstić information content (AvgIpc) is 2.53. The Bertz CT molecular complexity index is 738. The molecule has 0 aliphatic rings. The molecule has 0 saturated heterocycles. The van der Waals surface area contributed by atoms with E-state index in [1.165, 1.54) is 6.07 Å². The number of halogens is 2. The molecule has 1 heterocycles. The van der Waals surface area contributed by atoms with E-state index < -0.39 is 11.7 Å². The lowest BCUT2D eigenvalue weighted by molar-refractivity contribution is 0.0988. The minimum atomic E-state index is -0.735. The van der Waals surface area contributed by atoms with Gasteiger partial charge in [0.25, 0.3) is 5.91 Å². The Kier molecular flexibility index (Phi) is 5.50. The molecule has 7 heteroatoms. The van der Waals surface area contributed by atoms with Crippen LogP contribution >= 0.6 is 11.6 Å². The van der Waals surface area contributed by atoms with E-state index >= 15 is 0 Å². The Morgan fingerprint density at radius 1 is 1.35 bits per heavy atom. The Morgan fingerprint density at radius 3 is 2.70 bits per heavy atom. The lowest BCUT2D eigenvalue weighted by Gasteiger charge is -2.14. The van der Waals surface area contributed by atoms with Crippen molar-refractivity contribution in [1.82, 2.24) is 9.97 Å². The van der Waals surface area contributed by atoms with Crippen LogP contribution in [0.4, 0.5) is 4.39 Å². The number of carbonyl (C=O) groups excluding carboxylic acids is 1. The summed E-state index contributed by atoms with van der Waals surface area (Å²) in [5.41, 5.74) is 6.88. The van der Waals surface area contributed by atoms with Gasteiger partial charge in [-0.2, -0.15) is 4.98 Å². The highest BCUT2D eigenvalue weighted by molar-refractivity contribution is 6.30. The van der Waals surface area contributed by atoms with E-state index in [9.17, 15) is 9.18 Å². The van der Waals surface area contributed by atoms with Gasteiger partial charge in [-0.3, -0.25) is 4.79 Å². The number of nitrogens with zero attached hydrogens (tertiary/aromatic N) is 2. The largest absolute Gasteiger partial charge is 0.478 e. The molecule has 0 aliphatic heterocycles. The Balaban J connectivity index is 2.55. The zero-order valence-electron chi connectivity index (χ0n) is 12.9. The van der Waals surface area contributed by atoms with Crippen LogP contribution in [-0.4, -0.2) is 22.5 Å². The summed E-state index contributed by atoms with van der Waals surface area (Å²) >= 11 is 5.82. The zero-order valence-corrected chi connectivity index (χ0v) is 13.7. The van der Waals surface area contributed by atoms with Crippen LogP contribution in [0.1, 0.15) is 41.3 Å². The summed E-state index contributed by atoms with van der Waals surface area (Å²) in [5.74, 6) is -1.09. The zero-order chi connectivity index (χ0) is 17.0. The number of ether oxygens (including phenoxy) is 1. The highest BCUT2D eigenvalue weighted by atomic mass is 35.5. The Hall–Kier alpha value is -2.21. The maximum absolute atomic E-state index is 14.2. The maximum Gasteiger partial charge on any atom is 0.286 e. The lowest BCUT2D eigenvalue weighted by atomic mass is 10.0. The summed E-state index contributed by atoms with van der Waals surface area (Å²) in [6.45, 7) is 4.02. The van der Waals surface area contributed by atoms with Crippen molar-refractivity contribution in [2.45, 2.75) is 26.7 Å². The number of aromatic nitrogens is 2. The fourth-order valence-corrected chi connectivity index (χ4v) is 2.41. The van der Waals surface area contributed by atoms with Crippen LogP contribution in [0.2, 0.25) is 5.02 Å². The van der Waals surface area contributed by atoms with E-state index in [4.69, 9.17) is 22.1 Å². The smallest absolute Gasteiger partial charge is 0.286 e. The number of amides is 1. The van der Waals surface area contributed by atoms with Gasteiger partial charge in [-0.1, -0.05) is 30.7 Å². The van der Waals surface area contributed by atoms with Gasteiger partial charge < -0.3 is 10.5 Å². The molecule has 0 saturated carbocycles. The molecule has 122 valence electrons. The molecule has 0 aliphatic carbocycles. The second-order valence-electron chi connectivity index (χ2n) is 4.82. The average molecular weight is 338 g/mol. The molecule has 0 bridgehead atoms. The third-order valence-corrected chi connectivity index (χ3v) is 3.58. The molecule has 2 N–H and O–H groups in total. The number of primary amides is 1. The van der Waals surface area contributed by atoms with Crippen molar-refractivity contribution in [3.8, 4) is 5.88 Å². The van der Waals surface area contributed by atoms with Crippen LogP contribution in [0.3, 0.4) is 0 Å². The van der Waals surface area contributed by atoms with Crippen molar-refractivity contribution in [1.29, 1.82) is 0 Å². The van der Waals surface area contributed by atoms with Crippen molar-refractivity contribution >= 4 is 17.5 Å². The fraction of sp³-hybridized carbons (Fsp3) is 0.312. The number of nitrogens with two attached hydrogens (primary N) is 1. The maximum atomic E-state index is 14.2. The van der Waals surface area contributed by atoms with Gasteiger partial charge in [-0.15, -0.1) is 0 Å². The van der Waals surface area contributed by atoms with Crippen LogP contribution in [0, 0.1) is 5.82 Å². The second kappa shape index (κ2) is 7.37. The summed E-state index contributed by atoms with van der Waals surface area (Å²) in [7, 11) is 0. The summed E-state index contributed by atoms with van der Waals surface area (Å²) in [6, 6.07) is 4.79. The van der Waals surface area contributed by atoms with E-state index in [2.05, 4.69) is 9.97 Å². The molecule has 2 rings (SSSR count). The minimum Gasteiger partial charge on any atom is -0.478 e. The van der Waals surface area contributed by atoms with E-state index in [1.54, 1.807) is 19.1 Å². The molecule has 0 radical (unpaired) electrons. The summed E-state index contributed by atoms with van der Waals surface area (Å²) in [5, 5.41) is 0.0492. The van der Waals surface area contributed by atoms with E-state index in [-0.39, 0.29) is 23.1 Å². The third kappa shape index (κ3) is 3.76. The van der Waals surface area contributed by atoms with Crippen molar-refractivity contribution in [3.63, 3.8) is 0 Å². The fourth-order valence-electron chi connectivity index (χ4n) is 2.22. The number of benzene rings is 1. The quantitative estimate of drug-likeness (QED) is 0.879. The highest BCUT2D eigenvalue weighted by Crippen LogP contribution is 2.26. The van der Waals surface area contributed by atoms with Crippen molar-refractivity contribution < 1.29 is 13.9 Å². The Morgan fingerprint density at radius 2 is 2.09 bits per heavy atom. The molecule has 1 amide bonds. The Labute approximate surface area is 138 Å². The highest BCUT2D eigenvalue weighted by Gasteiger charge is 2.19. The molecule has 5 nitrogen and oxygen atoms in total. The number of aryl methyl sites for hydroxylation is 1. The van der Waals surface area contributed by atoms with Gasteiger partial charge in [-0.05, 0) is 25.0 Å². The minimum absolute atomic E-state index is 0.0492. The molecule has 0 fully saturated rings. The summed E-state index contributed by atoms with van der Waals surface area (Å²) in [6.07, 6.45) is 0.740.